The molecule has 2 heterocycles. The first-order valence-electron chi connectivity index (χ1n) is 7.00. The topological polar surface area (TPSA) is 72.5 Å². The van der Waals surface area contributed by atoms with E-state index in [4.69, 9.17) is 9.47 Å². The van der Waals surface area contributed by atoms with Crippen LogP contribution in [0.5, 0.6) is 11.5 Å². The molecule has 2 aromatic rings. The lowest BCUT2D eigenvalue weighted by Gasteiger charge is -2.19. The summed E-state index contributed by atoms with van der Waals surface area (Å²) in [4.78, 5) is 12.3. The normalized spacial score (nSPS) is 12.8. The Balaban J connectivity index is 1.69. The van der Waals surface area contributed by atoms with E-state index in [1.54, 1.807) is 7.05 Å². The van der Waals surface area contributed by atoms with Gasteiger partial charge in [0.05, 0.1) is 11.3 Å². The third-order valence-electron chi connectivity index (χ3n) is 3.38. The molecule has 0 aliphatic carbocycles. The Hall–Kier alpha value is -2.28. The second kappa shape index (κ2) is 6.23. The van der Waals surface area contributed by atoms with Gasteiger partial charge in [0.2, 0.25) is 0 Å². The number of aromatic nitrogens is 1. The number of nitrogens with one attached hydrogen (secondary N) is 2. The number of carbonyl (C=O) groups excluding carboxylic acids is 1. The molecule has 0 atom stereocenters. The van der Waals surface area contributed by atoms with Crippen molar-refractivity contribution in [1.29, 1.82) is 0 Å². The first-order chi connectivity index (χ1) is 10.7. The van der Waals surface area contributed by atoms with Crippen LogP contribution in [-0.2, 0) is 6.54 Å². The minimum atomic E-state index is -0.134. The summed E-state index contributed by atoms with van der Waals surface area (Å²) in [7, 11) is 1.78. The van der Waals surface area contributed by atoms with E-state index in [1.807, 2.05) is 25.1 Å². The first-order valence-corrected chi connectivity index (χ1v) is 7.77. The molecule has 0 unspecified atom stereocenters. The largest absolute Gasteiger partial charge is 0.486 e. The third-order valence-corrected chi connectivity index (χ3v) is 4.33. The molecule has 7 heteroatoms. The van der Waals surface area contributed by atoms with Gasteiger partial charge in [-0.2, -0.15) is 4.37 Å². The zero-order chi connectivity index (χ0) is 15.5. The number of amides is 1. The number of benzene rings is 1. The highest BCUT2D eigenvalue weighted by Gasteiger charge is 2.18. The summed E-state index contributed by atoms with van der Waals surface area (Å²) in [6, 6.07) is 5.68. The van der Waals surface area contributed by atoms with Crippen LogP contribution in [0.2, 0.25) is 0 Å². The summed E-state index contributed by atoms with van der Waals surface area (Å²) >= 11 is 1.29. The predicted octanol–water partition coefficient (Wildman–Crippen LogP) is 2.19. The number of fused-ring (bicyclic) bond motifs is 1. The third kappa shape index (κ3) is 2.85. The summed E-state index contributed by atoms with van der Waals surface area (Å²) in [5, 5.41) is 6.69. The van der Waals surface area contributed by atoms with E-state index in [1.165, 1.54) is 11.5 Å². The molecule has 1 aromatic carbocycles. The fourth-order valence-electron chi connectivity index (χ4n) is 2.28. The summed E-state index contributed by atoms with van der Waals surface area (Å²) < 4.78 is 15.2. The van der Waals surface area contributed by atoms with E-state index < -0.39 is 0 Å². The quantitative estimate of drug-likeness (QED) is 0.904. The van der Waals surface area contributed by atoms with Gasteiger partial charge in [-0.15, -0.1) is 0 Å². The smallest absolute Gasteiger partial charge is 0.256 e. The predicted molar refractivity (Wildman–Crippen MR) is 85.0 cm³/mol. The molecule has 1 aliphatic rings. The maximum Gasteiger partial charge on any atom is 0.256 e. The summed E-state index contributed by atoms with van der Waals surface area (Å²) in [6.07, 6.45) is 0. The lowest BCUT2D eigenvalue weighted by Crippen LogP contribution is -2.24. The molecule has 6 nitrogen and oxygen atoms in total. The van der Waals surface area contributed by atoms with E-state index in [2.05, 4.69) is 15.0 Å². The highest BCUT2D eigenvalue weighted by molar-refractivity contribution is 7.10. The molecule has 0 bridgehead atoms. The van der Waals surface area contributed by atoms with Gasteiger partial charge < -0.3 is 20.1 Å². The molecule has 2 N–H and O–H groups in total. The van der Waals surface area contributed by atoms with Gasteiger partial charge in [0, 0.05) is 13.6 Å². The SMILES string of the molecule is CNc1snc(C)c1C(=O)NCc1ccc2c(c1)OCCO2. The zero-order valence-corrected chi connectivity index (χ0v) is 13.3. The Morgan fingerprint density at radius 2 is 2.09 bits per heavy atom. The molecule has 1 aromatic heterocycles. The zero-order valence-electron chi connectivity index (χ0n) is 12.4. The van der Waals surface area contributed by atoms with Gasteiger partial charge in [0.15, 0.2) is 11.5 Å². The van der Waals surface area contributed by atoms with Gasteiger partial charge in [-0.3, -0.25) is 4.79 Å². The van der Waals surface area contributed by atoms with E-state index in [-0.39, 0.29) is 5.91 Å². The number of nitrogens with zero attached hydrogens (tertiary/aromatic N) is 1. The van der Waals surface area contributed by atoms with Crippen LogP contribution in [0.1, 0.15) is 21.6 Å². The lowest BCUT2D eigenvalue weighted by molar-refractivity contribution is 0.0951. The van der Waals surface area contributed by atoms with Crippen molar-refractivity contribution in [3.8, 4) is 11.5 Å². The van der Waals surface area contributed by atoms with Crippen LogP contribution >= 0.6 is 11.5 Å². The van der Waals surface area contributed by atoms with Gasteiger partial charge in [-0.05, 0) is 36.2 Å². The Morgan fingerprint density at radius 1 is 1.32 bits per heavy atom. The van der Waals surface area contributed by atoms with Gasteiger partial charge >= 0.3 is 0 Å². The highest BCUT2D eigenvalue weighted by atomic mass is 32.1. The fourth-order valence-corrected chi connectivity index (χ4v) is 3.02. The Labute approximate surface area is 132 Å². The molecule has 22 heavy (non-hydrogen) atoms. The van der Waals surface area contributed by atoms with E-state index >= 15 is 0 Å². The van der Waals surface area contributed by atoms with Crippen LogP contribution in [0.15, 0.2) is 18.2 Å². The molecule has 0 saturated heterocycles. The number of hydrogen-bond acceptors (Lipinski definition) is 6. The van der Waals surface area contributed by atoms with Crippen molar-refractivity contribution in [2.75, 3.05) is 25.6 Å². The maximum atomic E-state index is 12.3. The number of carbonyl (C=O) groups is 1. The van der Waals surface area contributed by atoms with Crippen molar-refractivity contribution in [2.24, 2.45) is 0 Å². The molecular weight excluding hydrogens is 302 g/mol. The summed E-state index contributed by atoms with van der Waals surface area (Å²) in [5.41, 5.74) is 2.29. The minimum absolute atomic E-state index is 0.134. The average Bonchev–Trinajstić information content (AvgIpc) is 2.93. The molecule has 0 saturated carbocycles. The molecule has 0 spiro atoms. The van der Waals surface area contributed by atoms with Crippen LogP contribution < -0.4 is 20.1 Å². The monoisotopic (exact) mass is 319 g/mol. The Morgan fingerprint density at radius 3 is 2.86 bits per heavy atom. The molecule has 116 valence electrons. The molecular formula is C15H17N3O3S. The number of anilines is 1. The van der Waals surface area contributed by atoms with Crippen LogP contribution in [0.4, 0.5) is 5.00 Å². The number of ether oxygens (including phenoxy) is 2. The molecule has 0 radical (unpaired) electrons. The molecule has 1 amide bonds. The second-order valence-corrected chi connectivity index (χ2v) is 5.66. The molecule has 3 rings (SSSR count). The van der Waals surface area contributed by atoms with Crippen molar-refractivity contribution >= 4 is 22.4 Å². The average molecular weight is 319 g/mol. The van der Waals surface area contributed by atoms with Crippen LogP contribution in [0.3, 0.4) is 0 Å². The van der Waals surface area contributed by atoms with Crippen LogP contribution in [0, 0.1) is 6.92 Å². The maximum absolute atomic E-state index is 12.3. The van der Waals surface area contributed by atoms with E-state index in [0.29, 0.717) is 25.3 Å². The molecule has 1 aliphatic heterocycles. The van der Waals surface area contributed by atoms with Gasteiger partial charge in [-0.1, -0.05) is 6.07 Å². The van der Waals surface area contributed by atoms with Gasteiger partial charge in [-0.25, -0.2) is 0 Å². The standard InChI is InChI=1S/C15H17N3O3S/c1-9-13(15(16-2)22-18-9)14(19)17-8-10-3-4-11-12(7-10)21-6-5-20-11/h3-4,7,16H,5-6,8H2,1-2H3,(H,17,19). The van der Waals surface area contributed by atoms with Crippen molar-refractivity contribution < 1.29 is 14.3 Å². The van der Waals surface area contributed by atoms with Gasteiger partial charge in [0.25, 0.3) is 5.91 Å². The molecule has 0 fully saturated rings. The second-order valence-electron chi connectivity index (χ2n) is 4.88. The van der Waals surface area contributed by atoms with Crippen molar-refractivity contribution in [3.05, 3.63) is 35.0 Å². The Bertz CT molecular complexity index is 699. The number of aryl methyl sites for hydroxylation is 1. The van der Waals surface area contributed by atoms with Gasteiger partial charge in [0.1, 0.15) is 18.2 Å². The number of rotatable bonds is 4. The highest BCUT2D eigenvalue weighted by Crippen LogP contribution is 2.30. The lowest BCUT2D eigenvalue weighted by atomic mass is 10.1. The van der Waals surface area contributed by atoms with E-state index in [0.717, 1.165) is 27.8 Å². The van der Waals surface area contributed by atoms with Crippen molar-refractivity contribution in [3.63, 3.8) is 0 Å². The van der Waals surface area contributed by atoms with Crippen LogP contribution in [-0.4, -0.2) is 30.5 Å². The number of hydrogen-bond donors (Lipinski definition) is 2. The van der Waals surface area contributed by atoms with Crippen LogP contribution in [0.25, 0.3) is 0 Å². The van der Waals surface area contributed by atoms with Crippen molar-refractivity contribution in [2.45, 2.75) is 13.5 Å². The Kier molecular flexibility index (Phi) is 4.15. The van der Waals surface area contributed by atoms with E-state index in [9.17, 15) is 4.79 Å². The minimum Gasteiger partial charge on any atom is -0.486 e. The first kappa shape index (κ1) is 14.6. The van der Waals surface area contributed by atoms with Crippen molar-refractivity contribution in [1.82, 2.24) is 9.69 Å². The summed E-state index contributed by atoms with van der Waals surface area (Å²) in [5.74, 6) is 1.34. The summed E-state index contributed by atoms with van der Waals surface area (Å²) in [6.45, 7) is 3.37. The fraction of sp³-hybridized carbons (Fsp3) is 0.333.